The van der Waals surface area contributed by atoms with Crippen molar-refractivity contribution in [3.05, 3.63) is 22.4 Å². The van der Waals surface area contributed by atoms with Gasteiger partial charge in [0.05, 0.1) is 0 Å². The molecule has 1 saturated carbocycles. The summed E-state index contributed by atoms with van der Waals surface area (Å²) in [7, 11) is 0. The van der Waals surface area contributed by atoms with Gasteiger partial charge in [-0.25, -0.2) is 0 Å². The molecule has 1 aromatic heterocycles. The molecule has 0 amide bonds. The van der Waals surface area contributed by atoms with Gasteiger partial charge < -0.3 is 5.73 Å². The molecular formula is C14H24N2S. The SMILES string of the molecule is CCCCC(N)CN(Cc1cccs1)C1CC1. The van der Waals surface area contributed by atoms with Gasteiger partial charge in [-0.15, -0.1) is 11.3 Å². The zero-order valence-electron chi connectivity index (χ0n) is 10.8. The highest BCUT2D eigenvalue weighted by molar-refractivity contribution is 7.09. The van der Waals surface area contributed by atoms with Crippen LogP contribution in [0.15, 0.2) is 17.5 Å². The van der Waals surface area contributed by atoms with Crippen molar-refractivity contribution < 1.29 is 0 Å². The Kier molecular flexibility index (Phi) is 5.01. The van der Waals surface area contributed by atoms with Crippen molar-refractivity contribution in [2.75, 3.05) is 6.54 Å². The van der Waals surface area contributed by atoms with Crippen molar-refractivity contribution in [2.24, 2.45) is 5.73 Å². The summed E-state index contributed by atoms with van der Waals surface area (Å²) in [6.07, 6.45) is 6.42. The molecule has 0 bridgehead atoms. The van der Waals surface area contributed by atoms with Crippen molar-refractivity contribution in [1.29, 1.82) is 0 Å². The standard InChI is InChI=1S/C14H24N2S/c1-2-3-5-12(15)10-16(13-7-8-13)11-14-6-4-9-17-14/h4,6,9,12-13H,2-3,5,7-8,10-11,15H2,1H3. The van der Waals surface area contributed by atoms with E-state index < -0.39 is 0 Å². The molecule has 3 heteroatoms. The van der Waals surface area contributed by atoms with Crippen LogP contribution >= 0.6 is 11.3 Å². The van der Waals surface area contributed by atoms with E-state index in [1.54, 1.807) is 0 Å². The summed E-state index contributed by atoms with van der Waals surface area (Å²) in [5.41, 5.74) is 6.22. The normalized spacial score (nSPS) is 17.6. The summed E-state index contributed by atoms with van der Waals surface area (Å²) >= 11 is 1.86. The minimum Gasteiger partial charge on any atom is -0.327 e. The van der Waals surface area contributed by atoms with Crippen LogP contribution in [0.1, 0.15) is 43.9 Å². The van der Waals surface area contributed by atoms with Gasteiger partial charge in [0.2, 0.25) is 0 Å². The molecule has 2 nitrogen and oxygen atoms in total. The summed E-state index contributed by atoms with van der Waals surface area (Å²) in [6.45, 7) is 4.40. The molecule has 1 fully saturated rings. The Morgan fingerprint density at radius 1 is 1.53 bits per heavy atom. The minimum absolute atomic E-state index is 0.357. The molecule has 96 valence electrons. The number of thiophene rings is 1. The van der Waals surface area contributed by atoms with Crippen molar-refractivity contribution in [3.63, 3.8) is 0 Å². The van der Waals surface area contributed by atoms with E-state index in [2.05, 4.69) is 29.3 Å². The second-order valence-electron chi connectivity index (χ2n) is 5.14. The first kappa shape index (κ1) is 13.1. The molecule has 1 heterocycles. The largest absolute Gasteiger partial charge is 0.327 e. The third kappa shape index (κ3) is 4.41. The molecule has 1 unspecified atom stereocenters. The zero-order valence-corrected chi connectivity index (χ0v) is 11.6. The molecule has 1 aromatic rings. The number of rotatable bonds is 8. The highest BCUT2D eigenvalue weighted by Gasteiger charge is 2.29. The Hall–Kier alpha value is -0.380. The number of nitrogens with two attached hydrogens (primary N) is 1. The summed E-state index contributed by atoms with van der Waals surface area (Å²) < 4.78 is 0. The second-order valence-corrected chi connectivity index (χ2v) is 6.17. The van der Waals surface area contributed by atoms with Crippen molar-refractivity contribution in [3.8, 4) is 0 Å². The van der Waals surface area contributed by atoms with Crippen LogP contribution in [0.5, 0.6) is 0 Å². The Balaban J connectivity index is 1.80. The van der Waals surface area contributed by atoms with Crippen LogP contribution in [0.4, 0.5) is 0 Å². The average Bonchev–Trinajstić information content (AvgIpc) is 3.05. The third-order valence-electron chi connectivity index (χ3n) is 3.40. The molecule has 0 saturated heterocycles. The fourth-order valence-corrected chi connectivity index (χ4v) is 2.97. The number of unbranched alkanes of at least 4 members (excludes halogenated alkanes) is 1. The highest BCUT2D eigenvalue weighted by atomic mass is 32.1. The first-order valence-electron chi connectivity index (χ1n) is 6.81. The molecule has 0 spiro atoms. The molecule has 1 aliphatic rings. The van der Waals surface area contributed by atoms with Crippen LogP contribution in [-0.2, 0) is 6.54 Å². The summed E-state index contributed by atoms with van der Waals surface area (Å²) in [4.78, 5) is 4.06. The Labute approximate surface area is 109 Å². The van der Waals surface area contributed by atoms with E-state index in [0.29, 0.717) is 6.04 Å². The molecule has 0 aliphatic heterocycles. The lowest BCUT2D eigenvalue weighted by Gasteiger charge is -2.25. The predicted octanol–water partition coefficient (Wildman–Crippen LogP) is 3.23. The van der Waals surface area contributed by atoms with E-state index in [1.165, 1.54) is 37.0 Å². The van der Waals surface area contributed by atoms with E-state index in [-0.39, 0.29) is 0 Å². The van der Waals surface area contributed by atoms with Gasteiger partial charge in [-0.3, -0.25) is 4.90 Å². The van der Waals surface area contributed by atoms with Gasteiger partial charge in [-0.1, -0.05) is 25.8 Å². The summed E-state index contributed by atoms with van der Waals surface area (Å²) in [6, 6.07) is 5.54. The molecule has 2 N–H and O–H groups in total. The smallest absolute Gasteiger partial charge is 0.0331 e. The van der Waals surface area contributed by atoms with Crippen LogP contribution in [0.25, 0.3) is 0 Å². The summed E-state index contributed by atoms with van der Waals surface area (Å²) in [5, 5.41) is 2.16. The van der Waals surface area contributed by atoms with Gasteiger partial charge in [0, 0.05) is 30.1 Å². The number of nitrogens with zero attached hydrogens (tertiary/aromatic N) is 1. The molecule has 2 rings (SSSR count). The lowest BCUT2D eigenvalue weighted by molar-refractivity contribution is 0.235. The van der Waals surface area contributed by atoms with E-state index in [4.69, 9.17) is 5.73 Å². The van der Waals surface area contributed by atoms with Crippen molar-refractivity contribution >= 4 is 11.3 Å². The molecule has 1 atom stereocenters. The Morgan fingerprint density at radius 3 is 2.94 bits per heavy atom. The van der Waals surface area contributed by atoms with Crippen LogP contribution in [0.3, 0.4) is 0 Å². The van der Waals surface area contributed by atoms with Crippen molar-refractivity contribution in [1.82, 2.24) is 4.90 Å². The van der Waals surface area contributed by atoms with E-state index in [1.807, 2.05) is 11.3 Å². The van der Waals surface area contributed by atoms with Gasteiger partial charge in [0.15, 0.2) is 0 Å². The lowest BCUT2D eigenvalue weighted by atomic mass is 10.1. The van der Waals surface area contributed by atoms with Gasteiger partial charge in [-0.2, -0.15) is 0 Å². The molecule has 0 radical (unpaired) electrons. The first-order valence-corrected chi connectivity index (χ1v) is 7.69. The maximum absolute atomic E-state index is 6.22. The van der Waals surface area contributed by atoms with E-state index >= 15 is 0 Å². The Bertz CT molecular complexity index is 306. The summed E-state index contributed by atoms with van der Waals surface area (Å²) in [5.74, 6) is 0. The maximum atomic E-state index is 6.22. The quantitative estimate of drug-likeness (QED) is 0.769. The highest BCUT2D eigenvalue weighted by Crippen LogP contribution is 2.29. The van der Waals surface area contributed by atoms with Gasteiger partial charge in [-0.05, 0) is 30.7 Å². The Morgan fingerprint density at radius 2 is 2.35 bits per heavy atom. The number of hydrogen-bond acceptors (Lipinski definition) is 3. The van der Waals surface area contributed by atoms with Crippen LogP contribution in [0.2, 0.25) is 0 Å². The van der Waals surface area contributed by atoms with E-state index in [0.717, 1.165) is 19.1 Å². The number of hydrogen-bond donors (Lipinski definition) is 1. The van der Waals surface area contributed by atoms with Crippen LogP contribution in [0, 0.1) is 0 Å². The molecule has 1 aliphatic carbocycles. The average molecular weight is 252 g/mol. The predicted molar refractivity (Wildman–Crippen MR) is 75.3 cm³/mol. The monoisotopic (exact) mass is 252 g/mol. The second kappa shape index (κ2) is 6.53. The topological polar surface area (TPSA) is 29.3 Å². The van der Waals surface area contributed by atoms with Crippen LogP contribution < -0.4 is 5.73 Å². The molecular weight excluding hydrogens is 228 g/mol. The minimum atomic E-state index is 0.357. The third-order valence-corrected chi connectivity index (χ3v) is 4.26. The van der Waals surface area contributed by atoms with E-state index in [9.17, 15) is 0 Å². The fraction of sp³-hybridized carbons (Fsp3) is 0.714. The maximum Gasteiger partial charge on any atom is 0.0331 e. The van der Waals surface area contributed by atoms with Gasteiger partial charge in [0.1, 0.15) is 0 Å². The molecule has 17 heavy (non-hydrogen) atoms. The lowest BCUT2D eigenvalue weighted by Crippen LogP contribution is -2.38. The van der Waals surface area contributed by atoms with Crippen molar-refractivity contribution in [2.45, 2.75) is 57.7 Å². The van der Waals surface area contributed by atoms with Gasteiger partial charge in [0.25, 0.3) is 0 Å². The molecule has 0 aromatic carbocycles. The fourth-order valence-electron chi connectivity index (χ4n) is 2.24. The van der Waals surface area contributed by atoms with Gasteiger partial charge >= 0.3 is 0 Å². The zero-order chi connectivity index (χ0) is 12.1. The first-order chi connectivity index (χ1) is 8.29. The van der Waals surface area contributed by atoms with Crippen LogP contribution in [-0.4, -0.2) is 23.5 Å².